The van der Waals surface area contributed by atoms with Crippen molar-refractivity contribution in [1.29, 1.82) is 0 Å². The number of aliphatic carboxylic acids is 1. The molecule has 2 N–H and O–H groups in total. The van der Waals surface area contributed by atoms with E-state index in [4.69, 9.17) is 16.7 Å². The number of carboxylic acids is 1. The van der Waals surface area contributed by atoms with Crippen molar-refractivity contribution in [3.05, 3.63) is 34.9 Å². The van der Waals surface area contributed by atoms with E-state index < -0.39 is 5.97 Å². The Morgan fingerprint density at radius 2 is 2.21 bits per heavy atom. The van der Waals surface area contributed by atoms with Gasteiger partial charge in [-0.3, -0.25) is 9.59 Å². The van der Waals surface area contributed by atoms with Crippen LogP contribution in [0.1, 0.15) is 18.9 Å². The van der Waals surface area contributed by atoms with Gasteiger partial charge in [-0.1, -0.05) is 23.7 Å². The van der Waals surface area contributed by atoms with E-state index in [1.165, 1.54) is 11.8 Å². The Balaban J connectivity index is 2.25. The number of thioether (sulfide) groups is 1. The predicted octanol–water partition coefficient (Wildman–Crippen LogP) is 2.55. The maximum Gasteiger partial charge on any atom is 0.305 e. The molecule has 104 valence electrons. The van der Waals surface area contributed by atoms with Crippen LogP contribution in [-0.4, -0.2) is 28.8 Å². The summed E-state index contributed by atoms with van der Waals surface area (Å²) in [4.78, 5) is 22.0. The van der Waals surface area contributed by atoms with Crippen molar-refractivity contribution < 1.29 is 14.7 Å². The molecule has 1 aromatic rings. The zero-order valence-corrected chi connectivity index (χ0v) is 12.1. The van der Waals surface area contributed by atoms with Crippen molar-refractivity contribution in [1.82, 2.24) is 5.32 Å². The lowest BCUT2D eigenvalue weighted by atomic mass is 10.2. The molecule has 0 radical (unpaired) electrons. The van der Waals surface area contributed by atoms with Gasteiger partial charge in [-0.15, -0.1) is 11.8 Å². The molecule has 1 aromatic carbocycles. The molecule has 1 amide bonds. The standard InChI is InChI=1S/C13H16ClNO3S/c1-9(5-13(17)18)15-12(16)8-19-7-10-3-2-4-11(14)6-10/h2-4,6,9H,5,7-8H2,1H3,(H,15,16)(H,17,18). The third-order valence-electron chi connectivity index (χ3n) is 2.28. The highest BCUT2D eigenvalue weighted by molar-refractivity contribution is 7.99. The maximum atomic E-state index is 11.5. The summed E-state index contributed by atoms with van der Waals surface area (Å²) in [6.45, 7) is 1.67. The number of nitrogens with one attached hydrogen (secondary N) is 1. The molecule has 6 heteroatoms. The van der Waals surface area contributed by atoms with Crippen molar-refractivity contribution in [3.63, 3.8) is 0 Å². The molecule has 19 heavy (non-hydrogen) atoms. The van der Waals surface area contributed by atoms with Gasteiger partial charge in [0.05, 0.1) is 12.2 Å². The number of hydrogen-bond acceptors (Lipinski definition) is 3. The number of carbonyl (C=O) groups excluding carboxylic acids is 1. The molecule has 0 spiro atoms. The third kappa shape index (κ3) is 7.08. The highest BCUT2D eigenvalue weighted by Crippen LogP contribution is 2.16. The van der Waals surface area contributed by atoms with Gasteiger partial charge in [-0.2, -0.15) is 0 Å². The molecule has 0 bridgehead atoms. The fourth-order valence-corrected chi connectivity index (χ4v) is 2.52. The van der Waals surface area contributed by atoms with E-state index in [0.29, 0.717) is 16.5 Å². The highest BCUT2D eigenvalue weighted by Gasteiger charge is 2.10. The van der Waals surface area contributed by atoms with E-state index in [2.05, 4.69) is 5.32 Å². The van der Waals surface area contributed by atoms with Crippen molar-refractivity contribution in [2.24, 2.45) is 0 Å². The fourth-order valence-electron chi connectivity index (χ4n) is 1.52. The molecule has 0 aliphatic carbocycles. The summed E-state index contributed by atoms with van der Waals surface area (Å²) in [7, 11) is 0. The molecule has 0 saturated carbocycles. The van der Waals surface area contributed by atoms with Crippen LogP contribution in [0, 0.1) is 0 Å². The summed E-state index contributed by atoms with van der Waals surface area (Å²) in [6, 6.07) is 7.13. The smallest absolute Gasteiger partial charge is 0.305 e. The average Bonchev–Trinajstić information content (AvgIpc) is 2.27. The molecule has 0 fully saturated rings. The largest absolute Gasteiger partial charge is 0.481 e. The van der Waals surface area contributed by atoms with Crippen LogP contribution in [0.5, 0.6) is 0 Å². The van der Waals surface area contributed by atoms with E-state index in [-0.39, 0.29) is 18.4 Å². The molecule has 0 aromatic heterocycles. The molecule has 0 aliphatic rings. The van der Waals surface area contributed by atoms with Crippen LogP contribution in [0.15, 0.2) is 24.3 Å². The van der Waals surface area contributed by atoms with Crippen LogP contribution < -0.4 is 5.32 Å². The van der Waals surface area contributed by atoms with Gasteiger partial charge in [0.15, 0.2) is 0 Å². The minimum absolute atomic E-state index is 0.0648. The van der Waals surface area contributed by atoms with Crippen LogP contribution in [0.3, 0.4) is 0 Å². The Hall–Kier alpha value is -1.20. The first-order valence-corrected chi connectivity index (χ1v) is 7.34. The lowest BCUT2D eigenvalue weighted by molar-refractivity contribution is -0.137. The highest BCUT2D eigenvalue weighted by atomic mass is 35.5. The van der Waals surface area contributed by atoms with Crippen molar-refractivity contribution in [2.75, 3.05) is 5.75 Å². The molecule has 0 heterocycles. The summed E-state index contributed by atoms with van der Waals surface area (Å²) in [6.07, 6.45) is -0.0648. The van der Waals surface area contributed by atoms with Crippen molar-refractivity contribution >= 4 is 35.2 Å². The quantitative estimate of drug-likeness (QED) is 0.812. The minimum Gasteiger partial charge on any atom is -0.481 e. The number of carboxylic acid groups (broad SMARTS) is 1. The Labute approximate surface area is 121 Å². The molecule has 1 atom stereocenters. The Kier molecular flexibility index (Phi) is 6.73. The number of carbonyl (C=O) groups is 2. The zero-order valence-electron chi connectivity index (χ0n) is 10.6. The Morgan fingerprint density at radius 1 is 1.47 bits per heavy atom. The third-order valence-corrected chi connectivity index (χ3v) is 3.52. The molecule has 0 aliphatic heterocycles. The summed E-state index contributed by atoms with van der Waals surface area (Å²) < 4.78 is 0. The SMILES string of the molecule is CC(CC(=O)O)NC(=O)CSCc1cccc(Cl)c1. The van der Waals surface area contributed by atoms with Gasteiger partial charge in [0.25, 0.3) is 0 Å². The summed E-state index contributed by atoms with van der Waals surface area (Å²) in [5.74, 6) is -0.0715. The van der Waals surface area contributed by atoms with Crippen LogP contribution in [0.4, 0.5) is 0 Å². The first-order valence-electron chi connectivity index (χ1n) is 5.80. The number of halogens is 1. The van der Waals surface area contributed by atoms with Crippen LogP contribution in [-0.2, 0) is 15.3 Å². The van der Waals surface area contributed by atoms with Crippen LogP contribution >= 0.6 is 23.4 Å². The van der Waals surface area contributed by atoms with Gasteiger partial charge < -0.3 is 10.4 Å². The Morgan fingerprint density at radius 3 is 2.84 bits per heavy atom. The summed E-state index contributed by atoms with van der Waals surface area (Å²) in [5, 5.41) is 11.9. The Bertz CT molecular complexity index is 453. The minimum atomic E-state index is -0.917. The van der Waals surface area contributed by atoms with E-state index in [1.54, 1.807) is 13.0 Å². The van der Waals surface area contributed by atoms with E-state index >= 15 is 0 Å². The molecule has 0 saturated heterocycles. The van der Waals surface area contributed by atoms with E-state index in [9.17, 15) is 9.59 Å². The summed E-state index contributed by atoms with van der Waals surface area (Å²) >= 11 is 7.33. The van der Waals surface area contributed by atoms with Gasteiger partial charge >= 0.3 is 5.97 Å². The lowest BCUT2D eigenvalue weighted by Gasteiger charge is -2.11. The van der Waals surface area contributed by atoms with Crippen molar-refractivity contribution in [3.8, 4) is 0 Å². The van der Waals surface area contributed by atoms with Gasteiger partial charge in [-0.25, -0.2) is 0 Å². The predicted molar refractivity (Wildman–Crippen MR) is 77.5 cm³/mol. The first kappa shape index (κ1) is 15.9. The molecular formula is C13H16ClNO3S. The lowest BCUT2D eigenvalue weighted by Crippen LogP contribution is -2.35. The zero-order chi connectivity index (χ0) is 14.3. The van der Waals surface area contributed by atoms with Gasteiger partial charge in [-0.05, 0) is 24.6 Å². The number of amides is 1. The fraction of sp³-hybridized carbons (Fsp3) is 0.385. The first-order chi connectivity index (χ1) is 8.97. The van der Waals surface area contributed by atoms with Crippen LogP contribution in [0.25, 0.3) is 0 Å². The number of hydrogen-bond donors (Lipinski definition) is 2. The molecule has 1 unspecified atom stereocenters. The monoisotopic (exact) mass is 301 g/mol. The second kappa shape index (κ2) is 8.07. The molecule has 1 rings (SSSR count). The molecular weight excluding hydrogens is 286 g/mol. The van der Waals surface area contributed by atoms with E-state index in [0.717, 1.165) is 5.56 Å². The average molecular weight is 302 g/mol. The second-order valence-corrected chi connectivity index (χ2v) is 5.61. The maximum absolute atomic E-state index is 11.5. The van der Waals surface area contributed by atoms with Gasteiger partial charge in [0.2, 0.25) is 5.91 Å². The number of rotatable bonds is 7. The second-order valence-electron chi connectivity index (χ2n) is 4.19. The summed E-state index contributed by atoms with van der Waals surface area (Å²) in [5.41, 5.74) is 1.06. The van der Waals surface area contributed by atoms with Gasteiger partial charge in [0.1, 0.15) is 0 Å². The molecule has 4 nitrogen and oxygen atoms in total. The van der Waals surface area contributed by atoms with Gasteiger partial charge in [0, 0.05) is 16.8 Å². The van der Waals surface area contributed by atoms with Crippen molar-refractivity contribution in [2.45, 2.75) is 25.1 Å². The van der Waals surface area contributed by atoms with Crippen LogP contribution in [0.2, 0.25) is 5.02 Å². The van der Waals surface area contributed by atoms with E-state index in [1.807, 2.05) is 18.2 Å². The number of benzene rings is 1. The topological polar surface area (TPSA) is 66.4 Å². The normalized spacial score (nSPS) is 11.9.